The van der Waals surface area contributed by atoms with E-state index in [-0.39, 0.29) is 11.8 Å². The quantitative estimate of drug-likeness (QED) is 0.439. The van der Waals surface area contributed by atoms with Crippen LogP contribution in [0, 0.1) is 11.8 Å². The van der Waals surface area contributed by atoms with E-state index in [1.807, 2.05) is 27.7 Å². The minimum absolute atomic E-state index is 0.232. The van der Waals surface area contributed by atoms with Gasteiger partial charge in [0.25, 0.3) is 0 Å². The molecule has 4 nitrogen and oxygen atoms in total. The Morgan fingerprint density at radius 2 is 1.06 bits per heavy atom. The van der Waals surface area contributed by atoms with Crippen LogP contribution in [0.5, 0.6) is 0 Å². The molecule has 0 aliphatic carbocycles. The average molecular weight is 254 g/mol. The van der Waals surface area contributed by atoms with Crippen LogP contribution >= 0.6 is 0 Å². The molecule has 0 aliphatic rings. The molecule has 0 atom stereocenters. The van der Waals surface area contributed by atoms with Gasteiger partial charge in [0.05, 0.1) is 0 Å². The van der Waals surface area contributed by atoms with E-state index in [0.29, 0.717) is 11.1 Å². The Labute approximate surface area is 109 Å². The van der Waals surface area contributed by atoms with Crippen molar-refractivity contribution in [2.24, 2.45) is 11.8 Å². The van der Waals surface area contributed by atoms with Gasteiger partial charge in [-0.1, -0.05) is 39.8 Å². The number of hydrogen-bond acceptors (Lipinski definition) is 4. The van der Waals surface area contributed by atoms with Gasteiger partial charge in [-0.2, -0.15) is 0 Å². The van der Waals surface area contributed by atoms with E-state index >= 15 is 0 Å². The molecule has 0 bridgehead atoms. The summed E-state index contributed by atoms with van der Waals surface area (Å²) in [5.41, 5.74) is 0.839. The number of hydrogen-bond donors (Lipinski definition) is 0. The van der Waals surface area contributed by atoms with Crippen molar-refractivity contribution in [3.05, 3.63) is 23.3 Å². The molecule has 18 heavy (non-hydrogen) atoms. The van der Waals surface area contributed by atoms with Crippen LogP contribution in [0.25, 0.3) is 0 Å². The highest BCUT2D eigenvalue weighted by atomic mass is 17.2. The van der Waals surface area contributed by atoms with Crippen LogP contribution in [-0.4, -0.2) is 11.9 Å². The van der Waals surface area contributed by atoms with Crippen LogP contribution in [0.2, 0.25) is 0 Å². The summed E-state index contributed by atoms with van der Waals surface area (Å²) in [6.07, 6.45) is 3.49. The summed E-state index contributed by atoms with van der Waals surface area (Å²) in [5, 5.41) is 0. The van der Waals surface area contributed by atoms with Crippen molar-refractivity contribution < 1.29 is 19.4 Å². The van der Waals surface area contributed by atoms with Crippen LogP contribution in [0.1, 0.15) is 41.5 Å². The van der Waals surface area contributed by atoms with Crippen LogP contribution in [0.3, 0.4) is 0 Å². The first kappa shape index (κ1) is 16.4. The molecule has 0 aromatic heterocycles. The zero-order chi connectivity index (χ0) is 14.3. The van der Waals surface area contributed by atoms with Crippen molar-refractivity contribution in [2.75, 3.05) is 0 Å². The number of rotatable bonds is 4. The van der Waals surface area contributed by atoms with Gasteiger partial charge < -0.3 is 0 Å². The highest BCUT2D eigenvalue weighted by Gasteiger charge is 2.13. The van der Waals surface area contributed by atoms with E-state index in [4.69, 9.17) is 0 Å². The molecule has 0 unspecified atom stereocenters. The Morgan fingerprint density at radius 3 is 1.28 bits per heavy atom. The minimum Gasteiger partial charge on any atom is -0.242 e. The van der Waals surface area contributed by atoms with Gasteiger partial charge >= 0.3 is 11.9 Å². The first-order chi connectivity index (χ1) is 8.23. The molecule has 0 radical (unpaired) electrons. The Kier molecular flexibility index (Phi) is 7.01. The first-order valence-corrected chi connectivity index (χ1v) is 6.04. The first-order valence-electron chi connectivity index (χ1n) is 6.04. The fourth-order valence-corrected chi connectivity index (χ4v) is 1.34. The Morgan fingerprint density at radius 1 is 0.778 bits per heavy atom. The summed E-state index contributed by atoms with van der Waals surface area (Å²) in [4.78, 5) is 31.8. The third-order valence-corrected chi connectivity index (χ3v) is 2.00. The standard InChI is InChI=1S/C14H22O4/c1-9(2)7-11(5)13(15)17-18-14(16)12(6)8-10(3)4/h7-10H,1-6H3. The van der Waals surface area contributed by atoms with E-state index in [1.54, 1.807) is 26.0 Å². The zero-order valence-electron chi connectivity index (χ0n) is 11.9. The Hall–Kier alpha value is -1.58. The number of carbonyl (C=O) groups is 2. The Bertz CT molecular complexity index is 326. The number of allylic oxidation sites excluding steroid dienone is 2. The van der Waals surface area contributed by atoms with Crippen LogP contribution in [0.15, 0.2) is 23.3 Å². The summed E-state index contributed by atoms with van der Waals surface area (Å²) in [5.74, 6) is -0.824. The Balaban J connectivity index is 4.35. The second kappa shape index (κ2) is 7.69. The van der Waals surface area contributed by atoms with E-state index in [2.05, 4.69) is 9.78 Å². The monoisotopic (exact) mass is 254 g/mol. The van der Waals surface area contributed by atoms with Gasteiger partial charge in [-0.05, 0) is 25.7 Å². The molecular formula is C14H22O4. The summed E-state index contributed by atoms with van der Waals surface area (Å²) < 4.78 is 0. The van der Waals surface area contributed by atoms with Gasteiger partial charge in [0, 0.05) is 11.1 Å². The maximum absolute atomic E-state index is 11.4. The van der Waals surface area contributed by atoms with Crippen molar-refractivity contribution in [1.82, 2.24) is 0 Å². The van der Waals surface area contributed by atoms with Gasteiger partial charge in [-0.25, -0.2) is 19.4 Å². The molecule has 4 heteroatoms. The summed E-state index contributed by atoms with van der Waals surface area (Å²) in [6, 6.07) is 0. The molecule has 0 aromatic carbocycles. The molecule has 0 N–H and O–H groups in total. The van der Waals surface area contributed by atoms with Crippen molar-refractivity contribution >= 4 is 11.9 Å². The summed E-state index contributed by atoms with van der Waals surface area (Å²) in [6.45, 7) is 11.0. The topological polar surface area (TPSA) is 52.6 Å². The van der Waals surface area contributed by atoms with Gasteiger partial charge in [0.15, 0.2) is 0 Å². The van der Waals surface area contributed by atoms with Gasteiger partial charge in [0.2, 0.25) is 0 Å². The predicted molar refractivity (Wildman–Crippen MR) is 69.4 cm³/mol. The second-order valence-electron chi connectivity index (χ2n) is 4.93. The van der Waals surface area contributed by atoms with Crippen molar-refractivity contribution in [2.45, 2.75) is 41.5 Å². The molecule has 0 amide bonds. The summed E-state index contributed by atoms with van der Waals surface area (Å²) in [7, 11) is 0. The van der Waals surface area contributed by atoms with Crippen molar-refractivity contribution in [1.29, 1.82) is 0 Å². The predicted octanol–water partition coefficient (Wildman–Crippen LogP) is 3.19. The highest BCUT2D eigenvalue weighted by molar-refractivity contribution is 5.90. The summed E-state index contributed by atoms with van der Waals surface area (Å²) >= 11 is 0. The normalized spacial score (nSPS) is 12.9. The van der Waals surface area contributed by atoms with E-state index < -0.39 is 11.9 Å². The van der Waals surface area contributed by atoms with Gasteiger partial charge in [0.1, 0.15) is 0 Å². The molecule has 0 spiro atoms. The van der Waals surface area contributed by atoms with E-state index in [0.717, 1.165) is 0 Å². The maximum atomic E-state index is 11.4. The molecule has 0 rings (SSSR count). The third-order valence-electron chi connectivity index (χ3n) is 2.00. The van der Waals surface area contributed by atoms with Gasteiger partial charge in [-0.3, -0.25) is 0 Å². The third kappa shape index (κ3) is 6.89. The molecule has 0 heterocycles. The average Bonchev–Trinajstić information content (AvgIpc) is 2.23. The minimum atomic E-state index is -0.644. The lowest BCUT2D eigenvalue weighted by molar-refractivity contribution is -0.252. The van der Waals surface area contributed by atoms with E-state index in [1.165, 1.54) is 0 Å². The number of carbonyl (C=O) groups excluding carboxylic acids is 2. The second-order valence-corrected chi connectivity index (χ2v) is 4.93. The van der Waals surface area contributed by atoms with Crippen molar-refractivity contribution in [3.8, 4) is 0 Å². The largest absolute Gasteiger partial charge is 0.381 e. The lowest BCUT2D eigenvalue weighted by Gasteiger charge is -2.05. The lowest BCUT2D eigenvalue weighted by Crippen LogP contribution is -2.13. The molecule has 102 valence electrons. The molecule has 0 aliphatic heterocycles. The zero-order valence-corrected chi connectivity index (χ0v) is 11.9. The molecule has 0 aromatic rings. The van der Waals surface area contributed by atoms with Crippen LogP contribution < -0.4 is 0 Å². The molecule has 0 saturated carbocycles. The smallest absolute Gasteiger partial charge is 0.242 e. The fourth-order valence-electron chi connectivity index (χ4n) is 1.34. The van der Waals surface area contributed by atoms with E-state index in [9.17, 15) is 9.59 Å². The van der Waals surface area contributed by atoms with Crippen LogP contribution in [-0.2, 0) is 19.4 Å². The fraction of sp³-hybridized carbons (Fsp3) is 0.571. The maximum Gasteiger partial charge on any atom is 0.381 e. The SMILES string of the molecule is CC(=CC(C)C)C(=O)OOC(=O)C(C)=CC(C)C. The highest BCUT2D eigenvalue weighted by Crippen LogP contribution is 2.07. The van der Waals surface area contributed by atoms with Gasteiger partial charge in [-0.15, -0.1) is 0 Å². The van der Waals surface area contributed by atoms with Crippen molar-refractivity contribution in [3.63, 3.8) is 0 Å². The molecule has 0 fully saturated rings. The molecular weight excluding hydrogens is 232 g/mol. The van der Waals surface area contributed by atoms with Crippen LogP contribution in [0.4, 0.5) is 0 Å². The lowest BCUT2D eigenvalue weighted by atomic mass is 10.1. The molecule has 0 saturated heterocycles.